The number of carbonyl (C=O) groups is 1. The summed E-state index contributed by atoms with van der Waals surface area (Å²) in [6, 6.07) is 6.57. The van der Waals surface area contributed by atoms with Gasteiger partial charge in [0.15, 0.2) is 0 Å². The zero-order valence-corrected chi connectivity index (χ0v) is 17.5. The van der Waals surface area contributed by atoms with E-state index in [1.807, 2.05) is 41.6 Å². The van der Waals surface area contributed by atoms with Crippen molar-refractivity contribution in [1.29, 1.82) is 0 Å². The number of fused-ring (bicyclic) bond motifs is 1. The van der Waals surface area contributed by atoms with Crippen molar-refractivity contribution in [2.75, 3.05) is 19.8 Å². The molecule has 0 unspecified atom stereocenters. The summed E-state index contributed by atoms with van der Waals surface area (Å²) in [4.78, 5) is 15.7. The number of pyridine rings is 1. The number of hydrogen-bond donors (Lipinski definition) is 1. The highest BCUT2D eigenvalue weighted by Crippen LogP contribution is 2.33. The molecule has 3 heterocycles. The summed E-state index contributed by atoms with van der Waals surface area (Å²) in [5.41, 5.74) is 1.27. The minimum Gasteiger partial charge on any atom is -0.475 e. The van der Waals surface area contributed by atoms with Crippen molar-refractivity contribution in [3.8, 4) is 0 Å². The van der Waals surface area contributed by atoms with Crippen LogP contribution in [0.1, 0.15) is 24.8 Å². The fourth-order valence-electron chi connectivity index (χ4n) is 3.99. The molecule has 3 atom stereocenters. The number of rotatable bonds is 7. The summed E-state index contributed by atoms with van der Waals surface area (Å²) in [5.74, 6) is -2.76. The first-order chi connectivity index (χ1) is 15.3. The van der Waals surface area contributed by atoms with Crippen molar-refractivity contribution in [3.63, 3.8) is 0 Å². The third kappa shape index (κ3) is 7.01. The van der Waals surface area contributed by atoms with E-state index in [4.69, 9.17) is 19.4 Å². The van der Waals surface area contributed by atoms with Gasteiger partial charge in [0.25, 0.3) is 0 Å². The van der Waals surface area contributed by atoms with E-state index in [9.17, 15) is 13.2 Å². The van der Waals surface area contributed by atoms with Gasteiger partial charge in [-0.05, 0) is 37.0 Å². The lowest BCUT2D eigenvalue weighted by Gasteiger charge is -2.39. The largest absolute Gasteiger partial charge is 0.490 e. The van der Waals surface area contributed by atoms with Gasteiger partial charge in [0.05, 0.1) is 18.8 Å². The molecule has 1 aliphatic heterocycles. The Balaban J connectivity index is 0.000000360. The van der Waals surface area contributed by atoms with Gasteiger partial charge in [0.1, 0.15) is 0 Å². The summed E-state index contributed by atoms with van der Waals surface area (Å²) >= 11 is 0. The summed E-state index contributed by atoms with van der Waals surface area (Å²) in [5, 5.41) is 11.4. The zero-order valence-electron chi connectivity index (χ0n) is 17.5. The van der Waals surface area contributed by atoms with E-state index in [1.54, 1.807) is 0 Å². The van der Waals surface area contributed by atoms with Crippen LogP contribution in [0, 0.1) is 0 Å². The van der Waals surface area contributed by atoms with Crippen LogP contribution in [-0.4, -0.2) is 74.9 Å². The van der Waals surface area contributed by atoms with Gasteiger partial charge in [-0.1, -0.05) is 6.07 Å². The van der Waals surface area contributed by atoms with Crippen LogP contribution in [0.15, 0.2) is 43.0 Å². The molecule has 2 aliphatic rings. The van der Waals surface area contributed by atoms with Crippen molar-refractivity contribution >= 4 is 5.97 Å². The highest BCUT2D eigenvalue weighted by Gasteiger charge is 2.43. The number of aromatic nitrogens is 3. The molecule has 0 radical (unpaired) electrons. The molecule has 0 spiro atoms. The summed E-state index contributed by atoms with van der Waals surface area (Å²) in [7, 11) is 0. The first-order valence-electron chi connectivity index (χ1n) is 10.5. The fraction of sp³-hybridized carbons (Fsp3) is 0.571. The Kier molecular flexibility index (Phi) is 8.60. The standard InChI is InChI=1S/C19H26N4O2.C2HF3O2/c1-4-16(14-20-7-1)15-22-11-13-25-19-17(22)5-6-18(19)24-12-3-10-23-9-2-8-21-23;3-2(4,5)1(6)7/h1-2,4,7-9,14,17-19H,3,5-6,10-13,15H2;(H,6,7)/t17-,18+,19+;/m0./s1. The average Bonchev–Trinajstić information content (AvgIpc) is 3.42. The van der Waals surface area contributed by atoms with Gasteiger partial charge in [-0.15, -0.1) is 0 Å². The number of carboxylic acid groups (broad SMARTS) is 1. The first kappa shape index (κ1) is 24.1. The predicted octanol–water partition coefficient (Wildman–Crippen LogP) is 2.75. The smallest absolute Gasteiger partial charge is 0.475 e. The molecule has 2 aromatic rings. The van der Waals surface area contributed by atoms with Gasteiger partial charge in [-0.2, -0.15) is 18.3 Å². The summed E-state index contributed by atoms with van der Waals surface area (Å²) in [6.45, 7) is 4.39. The van der Waals surface area contributed by atoms with E-state index >= 15 is 0 Å². The van der Waals surface area contributed by atoms with Crippen LogP contribution in [0.5, 0.6) is 0 Å². The van der Waals surface area contributed by atoms with Crippen molar-refractivity contribution < 1.29 is 32.5 Å². The van der Waals surface area contributed by atoms with Crippen molar-refractivity contribution in [2.24, 2.45) is 0 Å². The second kappa shape index (κ2) is 11.4. The van der Waals surface area contributed by atoms with E-state index in [-0.39, 0.29) is 12.2 Å². The maximum atomic E-state index is 10.6. The minimum absolute atomic E-state index is 0.204. The Morgan fingerprint density at radius 1 is 1.28 bits per heavy atom. The molecule has 1 N–H and O–H groups in total. The third-order valence-corrected chi connectivity index (χ3v) is 5.42. The quantitative estimate of drug-likeness (QED) is 0.641. The molecular weight excluding hydrogens is 429 g/mol. The van der Waals surface area contributed by atoms with E-state index in [1.165, 1.54) is 5.56 Å². The molecule has 11 heteroatoms. The molecule has 0 amide bonds. The number of aryl methyl sites for hydroxylation is 1. The van der Waals surface area contributed by atoms with Crippen molar-refractivity contribution in [3.05, 3.63) is 48.5 Å². The van der Waals surface area contributed by atoms with Crippen molar-refractivity contribution in [1.82, 2.24) is 19.7 Å². The number of carboxylic acids is 1. The number of nitrogens with zero attached hydrogens (tertiary/aromatic N) is 4. The minimum atomic E-state index is -5.08. The maximum Gasteiger partial charge on any atom is 0.490 e. The SMILES string of the molecule is O=C(O)C(F)(F)F.c1cncc(CN2CCO[C@H]3[C@H](OCCCn4cccn4)CC[C@@H]32)c1. The Morgan fingerprint density at radius 2 is 2.09 bits per heavy atom. The number of alkyl halides is 3. The molecule has 1 saturated carbocycles. The molecule has 0 aromatic carbocycles. The molecule has 0 bridgehead atoms. The normalized spacial score (nSPS) is 23.3. The lowest BCUT2D eigenvalue weighted by atomic mass is 10.1. The summed E-state index contributed by atoms with van der Waals surface area (Å²) < 4.78 is 45.9. The highest BCUT2D eigenvalue weighted by molar-refractivity contribution is 5.73. The van der Waals surface area contributed by atoms with Gasteiger partial charge < -0.3 is 14.6 Å². The number of halogens is 3. The molecule has 1 aliphatic carbocycles. The highest BCUT2D eigenvalue weighted by atomic mass is 19.4. The van der Waals surface area contributed by atoms with Gasteiger partial charge in [-0.25, -0.2) is 4.79 Å². The second-order valence-corrected chi connectivity index (χ2v) is 7.65. The lowest BCUT2D eigenvalue weighted by Crippen LogP contribution is -2.51. The van der Waals surface area contributed by atoms with Crippen LogP contribution >= 0.6 is 0 Å². The number of hydrogen-bond acceptors (Lipinski definition) is 6. The fourth-order valence-corrected chi connectivity index (χ4v) is 3.99. The Bertz CT molecular complexity index is 820. The van der Waals surface area contributed by atoms with Crippen LogP contribution in [0.2, 0.25) is 0 Å². The number of aliphatic carboxylic acids is 1. The van der Waals surface area contributed by atoms with E-state index in [2.05, 4.69) is 21.0 Å². The van der Waals surface area contributed by atoms with Crippen LogP contribution in [-0.2, 0) is 27.4 Å². The summed E-state index contributed by atoms with van der Waals surface area (Å²) in [6.07, 6.45) is 6.15. The van der Waals surface area contributed by atoms with Gasteiger partial charge in [0, 0.05) is 57.1 Å². The first-order valence-corrected chi connectivity index (χ1v) is 10.5. The van der Waals surface area contributed by atoms with Gasteiger partial charge in [-0.3, -0.25) is 14.6 Å². The van der Waals surface area contributed by atoms with Crippen LogP contribution in [0.25, 0.3) is 0 Å². The van der Waals surface area contributed by atoms with Crippen LogP contribution in [0.4, 0.5) is 13.2 Å². The average molecular weight is 456 g/mol. The molecule has 8 nitrogen and oxygen atoms in total. The Morgan fingerprint density at radius 3 is 2.75 bits per heavy atom. The molecule has 2 aromatic heterocycles. The Labute approximate surface area is 183 Å². The maximum absolute atomic E-state index is 10.6. The molecular formula is C21H27F3N4O4. The molecule has 1 saturated heterocycles. The van der Waals surface area contributed by atoms with E-state index in [0.29, 0.717) is 6.04 Å². The monoisotopic (exact) mass is 456 g/mol. The lowest BCUT2D eigenvalue weighted by molar-refractivity contribution is -0.192. The van der Waals surface area contributed by atoms with Crippen molar-refractivity contribution in [2.45, 2.75) is 56.8 Å². The number of ether oxygens (including phenoxy) is 2. The molecule has 176 valence electrons. The van der Waals surface area contributed by atoms with Crippen LogP contribution in [0.3, 0.4) is 0 Å². The molecule has 2 fully saturated rings. The van der Waals surface area contributed by atoms with Crippen LogP contribution < -0.4 is 0 Å². The van der Waals surface area contributed by atoms with Gasteiger partial charge >= 0.3 is 12.1 Å². The third-order valence-electron chi connectivity index (χ3n) is 5.42. The zero-order chi connectivity index (χ0) is 23.0. The van der Waals surface area contributed by atoms with E-state index < -0.39 is 12.1 Å². The topological polar surface area (TPSA) is 89.7 Å². The number of morpholine rings is 1. The Hall–Kier alpha value is -2.50. The molecule has 32 heavy (non-hydrogen) atoms. The van der Waals surface area contributed by atoms with E-state index in [0.717, 1.165) is 52.1 Å². The van der Waals surface area contributed by atoms with Gasteiger partial charge in [0.2, 0.25) is 0 Å². The predicted molar refractivity (Wildman–Crippen MR) is 108 cm³/mol. The molecule has 4 rings (SSSR count). The second-order valence-electron chi connectivity index (χ2n) is 7.65.